The number of quaternary nitrogens is 1. The molecule has 0 aliphatic rings. The molecule has 0 aliphatic carbocycles. The second kappa shape index (κ2) is 3.86. The third-order valence-electron chi connectivity index (χ3n) is 3.01. The Morgan fingerprint density at radius 2 is 1.19 bits per heavy atom. The summed E-state index contributed by atoms with van der Waals surface area (Å²) in [6.45, 7) is 12.0. The molecule has 0 amide bonds. The van der Waals surface area contributed by atoms with Crippen LogP contribution in [0.5, 0.6) is 0 Å². The molecule has 0 bridgehead atoms. The Balaban J connectivity index is 3.39. The van der Waals surface area contributed by atoms with Gasteiger partial charge in [-0.2, -0.15) is 0 Å². The summed E-state index contributed by atoms with van der Waals surface area (Å²) in [5, 5.41) is 13.3. The highest BCUT2D eigenvalue weighted by atomic mass is 16.6. The van der Waals surface area contributed by atoms with Crippen LogP contribution < -0.4 is 4.65 Å². The third-order valence-corrected chi connectivity index (χ3v) is 3.01. The van der Waals surface area contributed by atoms with Gasteiger partial charge in [0.2, 0.25) is 0 Å². The molecule has 0 aromatic heterocycles. The summed E-state index contributed by atoms with van der Waals surface area (Å²) < 4.78 is -0.319. The van der Waals surface area contributed by atoms with Gasteiger partial charge in [-0.15, -0.1) is 0 Å². The van der Waals surface area contributed by atoms with E-state index in [1.807, 2.05) is 71.9 Å². The van der Waals surface area contributed by atoms with E-state index in [4.69, 9.17) is 0 Å². The highest BCUT2D eigenvalue weighted by Gasteiger charge is 2.44. The molecule has 0 heterocycles. The Labute approximate surface area is 99.1 Å². The van der Waals surface area contributed by atoms with Crippen molar-refractivity contribution in [2.75, 3.05) is 0 Å². The molecule has 1 rings (SSSR count). The minimum atomic E-state index is -0.375. The van der Waals surface area contributed by atoms with E-state index < -0.39 is 0 Å². The molecule has 1 aromatic carbocycles. The second-order valence-corrected chi connectivity index (χ2v) is 6.29. The number of benzene rings is 1. The minimum absolute atomic E-state index is 0.319. The Bertz CT molecular complexity index is 329. The molecule has 90 valence electrons. The van der Waals surface area contributed by atoms with Crippen LogP contribution in [0.3, 0.4) is 0 Å². The SMILES string of the molecule is CC(C)(C)[N+]([O-])(c1ccccc1)C(C)(C)C. The molecule has 0 N–H and O–H groups in total. The molecular formula is C14H23NO. The Morgan fingerprint density at radius 3 is 1.50 bits per heavy atom. The first kappa shape index (κ1) is 13.2. The van der Waals surface area contributed by atoms with E-state index in [-0.39, 0.29) is 15.7 Å². The summed E-state index contributed by atoms with van der Waals surface area (Å²) in [5.74, 6) is 0. The van der Waals surface area contributed by atoms with E-state index in [2.05, 4.69) is 0 Å². The van der Waals surface area contributed by atoms with Crippen molar-refractivity contribution in [3.8, 4) is 0 Å². The highest BCUT2D eigenvalue weighted by Crippen LogP contribution is 2.39. The lowest BCUT2D eigenvalue weighted by Crippen LogP contribution is -2.67. The maximum atomic E-state index is 13.3. The summed E-state index contributed by atoms with van der Waals surface area (Å²) in [6, 6.07) is 9.64. The van der Waals surface area contributed by atoms with Gasteiger partial charge in [0.05, 0.1) is 11.1 Å². The summed E-state index contributed by atoms with van der Waals surface area (Å²) in [7, 11) is 0. The van der Waals surface area contributed by atoms with Gasteiger partial charge < -0.3 is 9.85 Å². The van der Waals surface area contributed by atoms with Gasteiger partial charge in [0.15, 0.2) is 0 Å². The number of para-hydroxylation sites is 1. The minimum Gasteiger partial charge on any atom is -0.627 e. The maximum absolute atomic E-state index is 13.3. The molecule has 1 aromatic rings. The van der Waals surface area contributed by atoms with Gasteiger partial charge in [0.1, 0.15) is 5.69 Å². The summed E-state index contributed by atoms with van der Waals surface area (Å²) in [5.41, 5.74) is 0.0710. The maximum Gasteiger partial charge on any atom is 0.133 e. The van der Waals surface area contributed by atoms with Gasteiger partial charge in [-0.1, -0.05) is 18.2 Å². The normalized spacial score (nSPS) is 13.9. The zero-order valence-electron chi connectivity index (χ0n) is 11.2. The summed E-state index contributed by atoms with van der Waals surface area (Å²) in [4.78, 5) is 0. The number of hydrogen-bond donors (Lipinski definition) is 0. The molecule has 0 radical (unpaired) electrons. The van der Waals surface area contributed by atoms with E-state index in [1.165, 1.54) is 0 Å². The predicted octanol–water partition coefficient (Wildman–Crippen LogP) is 4.09. The smallest absolute Gasteiger partial charge is 0.133 e. The van der Waals surface area contributed by atoms with Crippen LogP contribution in [0, 0.1) is 5.21 Å². The van der Waals surface area contributed by atoms with Gasteiger partial charge in [-0.3, -0.25) is 0 Å². The van der Waals surface area contributed by atoms with Crippen molar-refractivity contribution in [1.82, 2.24) is 4.65 Å². The van der Waals surface area contributed by atoms with Gasteiger partial charge in [0.25, 0.3) is 0 Å². The first-order chi connectivity index (χ1) is 7.11. The second-order valence-electron chi connectivity index (χ2n) is 6.29. The van der Waals surface area contributed by atoms with Crippen LogP contribution >= 0.6 is 0 Å². The van der Waals surface area contributed by atoms with E-state index >= 15 is 0 Å². The molecule has 16 heavy (non-hydrogen) atoms. The van der Waals surface area contributed by atoms with E-state index in [9.17, 15) is 5.21 Å². The average Bonchev–Trinajstić information content (AvgIpc) is 2.14. The average molecular weight is 221 g/mol. The molecule has 0 unspecified atom stereocenters. The number of hydroxylamine groups is 2. The van der Waals surface area contributed by atoms with Crippen LogP contribution in [0.2, 0.25) is 0 Å². The fourth-order valence-electron chi connectivity index (χ4n) is 2.42. The lowest BCUT2D eigenvalue weighted by Gasteiger charge is -2.60. The number of rotatable bonds is 1. The molecule has 0 saturated heterocycles. The first-order valence-electron chi connectivity index (χ1n) is 5.76. The molecule has 2 nitrogen and oxygen atoms in total. The van der Waals surface area contributed by atoms with Crippen molar-refractivity contribution in [1.29, 1.82) is 0 Å². The van der Waals surface area contributed by atoms with Crippen LogP contribution in [0.4, 0.5) is 5.69 Å². The fraction of sp³-hybridized carbons (Fsp3) is 0.571. The lowest BCUT2D eigenvalue weighted by atomic mass is 9.93. The van der Waals surface area contributed by atoms with E-state index in [0.29, 0.717) is 0 Å². The Kier molecular flexibility index (Phi) is 3.19. The van der Waals surface area contributed by atoms with Crippen molar-refractivity contribution in [2.45, 2.75) is 52.6 Å². The first-order valence-corrected chi connectivity index (χ1v) is 5.76. The molecule has 0 fully saturated rings. The fourth-order valence-corrected chi connectivity index (χ4v) is 2.42. The van der Waals surface area contributed by atoms with Gasteiger partial charge >= 0.3 is 0 Å². The number of nitrogens with zero attached hydrogens (tertiary/aromatic N) is 1. The predicted molar refractivity (Wildman–Crippen MR) is 71.1 cm³/mol. The van der Waals surface area contributed by atoms with Crippen molar-refractivity contribution < 1.29 is 0 Å². The van der Waals surface area contributed by atoms with Gasteiger partial charge in [0, 0.05) is 0 Å². The molecule has 0 saturated carbocycles. The molecule has 0 spiro atoms. The van der Waals surface area contributed by atoms with Crippen LogP contribution in [0.15, 0.2) is 30.3 Å². The van der Waals surface area contributed by atoms with Gasteiger partial charge in [-0.25, -0.2) is 0 Å². The highest BCUT2D eigenvalue weighted by molar-refractivity contribution is 5.47. The molecule has 0 aliphatic heterocycles. The van der Waals surface area contributed by atoms with Crippen molar-refractivity contribution in [2.24, 2.45) is 0 Å². The lowest BCUT2D eigenvalue weighted by molar-refractivity contribution is 0.101. The van der Waals surface area contributed by atoms with Crippen molar-refractivity contribution in [3.05, 3.63) is 35.5 Å². The van der Waals surface area contributed by atoms with E-state index in [1.54, 1.807) is 0 Å². The largest absolute Gasteiger partial charge is 0.627 e. The van der Waals surface area contributed by atoms with E-state index in [0.717, 1.165) is 5.69 Å². The van der Waals surface area contributed by atoms with Crippen LogP contribution in [0.25, 0.3) is 0 Å². The third kappa shape index (κ3) is 2.00. The van der Waals surface area contributed by atoms with Crippen molar-refractivity contribution in [3.63, 3.8) is 0 Å². The molecule has 2 heteroatoms. The molecule has 0 atom stereocenters. The molecular weight excluding hydrogens is 198 g/mol. The summed E-state index contributed by atoms with van der Waals surface area (Å²) >= 11 is 0. The van der Waals surface area contributed by atoms with Crippen LogP contribution in [-0.4, -0.2) is 11.1 Å². The quantitative estimate of drug-likeness (QED) is 0.517. The van der Waals surface area contributed by atoms with Crippen LogP contribution in [0.1, 0.15) is 41.5 Å². The standard InChI is InChI=1S/C14H23NO/c1-13(2,3)15(16,14(4,5)6)12-10-8-7-9-11-12/h7-11H,1-6H3. The van der Waals surface area contributed by atoms with Crippen LogP contribution in [-0.2, 0) is 0 Å². The number of hydrogen-bond acceptors (Lipinski definition) is 1. The summed E-state index contributed by atoms with van der Waals surface area (Å²) in [6.07, 6.45) is 0. The Morgan fingerprint density at radius 1 is 0.812 bits per heavy atom. The monoisotopic (exact) mass is 221 g/mol. The zero-order chi connectivity index (χ0) is 12.6. The topological polar surface area (TPSA) is 23.1 Å². The van der Waals surface area contributed by atoms with Gasteiger partial charge in [-0.05, 0) is 53.7 Å². The van der Waals surface area contributed by atoms with Crippen molar-refractivity contribution >= 4 is 5.69 Å². The Hall–Kier alpha value is -0.860. The zero-order valence-corrected chi connectivity index (χ0v) is 11.2.